The molecule has 92 valence electrons. The van der Waals surface area contributed by atoms with E-state index >= 15 is 0 Å². The van der Waals surface area contributed by atoms with Crippen LogP contribution in [0.4, 0.5) is 0 Å². The van der Waals surface area contributed by atoms with Crippen LogP contribution in [0.15, 0.2) is 0 Å². The Bertz CT molecular complexity index is 282. The van der Waals surface area contributed by atoms with E-state index in [0.717, 1.165) is 0 Å². The lowest BCUT2D eigenvalue weighted by Gasteiger charge is -2.20. The fraction of sp³-hybridized carbons (Fsp3) is 0.818. The van der Waals surface area contributed by atoms with E-state index in [-0.39, 0.29) is 24.5 Å². The summed E-state index contributed by atoms with van der Waals surface area (Å²) in [6, 6.07) is -0.396. The summed E-state index contributed by atoms with van der Waals surface area (Å²) >= 11 is 0. The Morgan fingerprint density at radius 1 is 1.38 bits per heavy atom. The molecule has 0 aromatic carbocycles. The molecule has 1 fully saturated rings. The van der Waals surface area contributed by atoms with Crippen molar-refractivity contribution in [1.82, 2.24) is 5.32 Å². The lowest BCUT2D eigenvalue weighted by molar-refractivity contribution is -0.142. The Labute approximate surface area is 95.2 Å². The molecule has 0 aromatic heterocycles. The standard InChI is InChI=1S/C11H19NO4/c1-11(2,3)4-9(13)12-8-6-16-5-7(8)10(14)15/h7-8H,4-6H2,1-3H3,(H,12,13)(H,14,15). The number of carboxylic acid groups (broad SMARTS) is 1. The average molecular weight is 229 g/mol. The SMILES string of the molecule is CC(C)(C)CC(=O)NC1COCC1C(=O)O. The van der Waals surface area contributed by atoms with Gasteiger partial charge in [-0.1, -0.05) is 20.8 Å². The molecule has 2 atom stereocenters. The van der Waals surface area contributed by atoms with Gasteiger partial charge in [-0.2, -0.15) is 0 Å². The van der Waals surface area contributed by atoms with E-state index in [1.807, 2.05) is 20.8 Å². The topological polar surface area (TPSA) is 75.6 Å². The molecular weight excluding hydrogens is 210 g/mol. The largest absolute Gasteiger partial charge is 0.481 e. The number of aliphatic carboxylic acids is 1. The van der Waals surface area contributed by atoms with Gasteiger partial charge in [0.1, 0.15) is 5.92 Å². The summed E-state index contributed by atoms with van der Waals surface area (Å²) in [4.78, 5) is 22.5. The van der Waals surface area contributed by atoms with E-state index in [4.69, 9.17) is 9.84 Å². The van der Waals surface area contributed by atoms with E-state index in [1.165, 1.54) is 0 Å². The highest BCUT2D eigenvalue weighted by molar-refractivity contribution is 5.78. The van der Waals surface area contributed by atoms with E-state index < -0.39 is 17.9 Å². The predicted molar refractivity (Wildman–Crippen MR) is 57.9 cm³/mol. The summed E-state index contributed by atoms with van der Waals surface area (Å²) in [5.41, 5.74) is -0.0950. The molecule has 0 saturated carbocycles. The van der Waals surface area contributed by atoms with Gasteiger partial charge in [0.05, 0.1) is 19.3 Å². The molecule has 5 nitrogen and oxygen atoms in total. The maximum Gasteiger partial charge on any atom is 0.311 e. The first-order chi connectivity index (χ1) is 7.29. The first-order valence-electron chi connectivity index (χ1n) is 5.39. The highest BCUT2D eigenvalue weighted by atomic mass is 16.5. The minimum absolute atomic E-state index is 0.0950. The molecule has 0 aromatic rings. The minimum Gasteiger partial charge on any atom is -0.481 e. The van der Waals surface area contributed by atoms with Crippen molar-refractivity contribution >= 4 is 11.9 Å². The van der Waals surface area contributed by atoms with Crippen molar-refractivity contribution in [2.45, 2.75) is 33.2 Å². The molecule has 0 spiro atoms. The molecule has 5 heteroatoms. The zero-order valence-corrected chi connectivity index (χ0v) is 9.95. The number of hydrogen-bond acceptors (Lipinski definition) is 3. The quantitative estimate of drug-likeness (QED) is 0.744. The lowest BCUT2D eigenvalue weighted by Crippen LogP contribution is -2.43. The molecule has 1 heterocycles. The molecule has 0 aliphatic carbocycles. The van der Waals surface area contributed by atoms with Crippen molar-refractivity contribution in [3.05, 3.63) is 0 Å². The zero-order valence-electron chi connectivity index (χ0n) is 9.95. The lowest BCUT2D eigenvalue weighted by atomic mass is 9.91. The summed E-state index contributed by atoms with van der Waals surface area (Å²) in [6.45, 7) is 6.36. The third-order valence-corrected chi connectivity index (χ3v) is 2.43. The van der Waals surface area contributed by atoms with Crippen LogP contribution < -0.4 is 5.32 Å². The fourth-order valence-corrected chi connectivity index (χ4v) is 1.68. The zero-order chi connectivity index (χ0) is 12.3. The molecule has 2 unspecified atom stereocenters. The summed E-state index contributed by atoms with van der Waals surface area (Å²) in [5.74, 6) is -1.66. The molecular formula is C11H19NO4. The average Bonchev–Trinajstić information content (AvgIpc) is 2.47. The maximum absolute atomic E-state index is 11.6. The van der Waals surface area contributed by atoms with Crippen LogP contribution in [0, 0.1) is 11.3 Å². The fourth-order valence-electron chi connectivity index (χ4n) is 1.68. The number of carbonyl (C=O) groups excluding carboxylic acids is 1. The molecule has 0 radical (unpaired) electrons. The Morgan fingerprint density at radius 2 is 2.00 bits per heavy atom. The Balaban J connectivity index is 2.47. The highest BCUT2D eigenvalue weighted by Crippen LogP contribution is 2.19. The predicted octanol–water partition coefficient (Wildman–Crippen LogP) is 0.638. The highest BCUT2D eigenvalue weighted by Gasteiger charge is 2.35. The first kappa shape index (κ1) is 13.0. The molecule has 1 aliphatic rings. The molecule has 2 N–H and O–H groups in total. The second kappa shape index (κ2) is 4.82. The number of carbonyl (C=O) groups is 2. The van der Waals surface area contributed by atoms with Crippen molar-refractivity contribution in [3.8, 4) is 0 Å². The van der Waals surface area contributed by atoms with E-state index in [2.05, 4.69) is 5.32 Å². The Hall–Kier alpha value is -1.10. The molecule has 16 heavy (non-hydrogen) atoms. The van der Waals surface area contributed by atoms with E-state index in [9.17, 15) is 9.59 Å². The van der Waals surface area contributed by atoms with Gasteiger partial charge in [0.2, 0.25) is 5.91 Å². The van der Waals surface area contributed by atoms with E-state index in [0.29, 0.717) is 6.42 Å². The molecule has 1 saturated heterocycles. The third-order valence-electron chi connectivity index (χ3n) is 2.43. The van der Waals surface area contributed by atoms with E-state index in [1.54, 1.807) is 0 Å². The summed E-state index contributed by atoms with van der Waals surface area (Å²) in [6.07, 6.45) is 0.385. The van der Waals surface area contributed by atoms with Gasteiger partial charge in [-0.25, -0.2) is 0 Å². The van der Waals surface area contributed by atoms with Gasteiger partial charge in [-0.3, -0.25) is 9.59 Å². The van der Waals surface area contributed by atoms with Gasteiger partial charge in [0.15, 0.2) is 0 Å². The maximum atomic E-state index is 11.6. The third kappa shape index (κ3) is 3.81. The van der Waals surface area contributed by atoms with Crippen LogP contribution in [0.3, 0.4) is 0 Å². The monoisotopic (exact) mass is 229 g/mol. The molecule has 1 amide bonds. The van der Waals surface area contributed by atoms with Crippen LogP contribution in [-0.2, 0) is 14.3 Å². The second-order valence-corrected chi connectivity index (χ2v) is 5.39. The van der Waals surface area contributed by atoms with Crippen LogP contribution in [0.2, 0.25) is 0 Å². The van der Waals surface area contributed by atoms with Gasteiger partial charge in [0, 0.05) is 6.42 Å². The summed E-state index contributed by atoms with van der Waals surface area (Å²) < 4.78 is 5.07. The van der Waals surface area contributed by atoms with Crippen molar-refractivity contribution < 1.29 is 19.4 Å². The molecule has 1 aliphatic heterocycles. The van der Waals surface area contributed by atoms with Gasteiger partial charge in [0.25, 0.3) is 0 Å². The van der Waals surface area contributed by atoms with Crippen LogP contribution in [0.5, 0.6) is 0 Å². The number of hydrogen-bond donors (Lipinski definition) is 2. The minimum atomic E-state index is -0.918. The van der Waals surface area contributed by atoms with Gasteiger partial charge in [-0.15, -0.1) is 0 Å². The second-order valence-electron chi connectivity index (χ2n) is 5.39. The van der Waals surface area contributed by atoms with Crippen LogP contribution in [0.1, 0.15) is 27.2 Å². The number of nitrogens with one attached hydrogen (secondary N) is 1. The molecule has 0 bridgehead atoms. The van der Waals surface area contributed by atoms with Crippen LogP contribution >= 0.6 is 0 Å². The first-order valence-corrected chi connectivity index (χ1v) is 5.39. The van der Waals surface area contributed by atoms with Crippen molar-refractivity contribution in [2.24, 2.45) is 11.3 Å². The number of rotatable bonds is 3. The normalized spacial score (nSPS) is 25.4. The van der Waals surface area contributed by atoms with Crippen molar-refractivity contribution in [2.75, 3.05) is 13.2 Å². The van der Waals surface area contributed by atoms with Gasteiger partial charge < -0.3 is 15.2 Å². The number of carboxylic acids is 1. The Kier molecular flexibility index (Phi) is 3.91. The smallest absolute Gasteiger partial charge is 0.311 e. The van der Waals surface area contributed by atoms with Crippen molar-refractivity contribution in [1.29, 1.82) is 0 Å². The van der Waals surface area contributed by atoms with Gasteiger partial charge in [-0.05, 0) is 5.41 Å². The summed E-state index contributed by atoms with van der Waals surface area (Å²) in [5, 5.41) is 11.6. The Morgan fingerprint density at radius 3 is 2.50 bits per heavy atom. The number of ether oxygens (including phenoxy) is 1. The molecule has 1 rings (SSSR count). The van der Waals surface area contributed by atoms with Crippen molar-refractivity contribution in [3.63, 3.8) is 0 Å². The van der Waals surface area contributed by atoms with Crippen LogP contribution in [0.25, 0.3) is 0 Å². The van der Waals surface area contributed by atoms with Crippen LogP contribution in [-0.4, -0.2) is 36.2 Å². The summed E-state index contributed by atoms with van der Waals surface area (Å²) in [7, 11) is 0. The number of amides is 1. The van der Waals surface area contributed by atoms with Gasteiger partial charge >= 0.3 is 5.97 Å².